The van der Waals surface area contributed by atoms with Gasteiger partial charge in [-0.3, -0.25) is 0 Å². The molecular weight excluding hydrogens is 468 g/mol. The van der Waals surface area contributed by atoms with E-state index in [1.54, 1.807) is 0 Å². The summed E-state index contributed by atoms with van der Waals surface area (Å²) in [6.45, 7) is -2.35. The normalized spacial score (nSPS) is 38.1. The Morgan fingerprint density at radius 1 is 1.00 bits per heavy atom. The van der Waals surface area contributed by atoms with E-state index >= 15 is 0 Å². The molecular formula is C19H26O15. The predicted molar refractivity (Wildman–Crippen MR) is 104 cm³/mol. The number of rotatable bonds is 8. The van der Waals surface area contributed by atoms with Gasteiger partial charge in [0.05, 0.1) is 25.4 Å². The Kier molecular flexibility index (Phi) is 7.83. The summed E-state index contributed by atoms with van der Waals surface area (Å²) in [6.07, 6.45) is -13.6. The number of carbonyl (C=O) groups is 1. The quantitative estimate of drug-likeness (QED) is 0.154. The van der Waals surface area contributed by atoms with E-state index in [1.165, 1.54) is 0 Å². The van der Waals surface area contributed by atoms with Crippen molar-refractivity contribution < 1.29 is 74.8 Å². The summed E-state index contributed by atoms with van der Waals surface area (Å²) in [4.78, 5) is 11.2. The number of hydrogen-bond donors (Lipinski definition) is 10. The third kappa shape index (κ3) is 4.76. The topological polar surface area (TPSA) is 256 Å². The fraction of sp³-hybridized carbons (Fsp3) is 0.632. The zero-order valence-electron chi connectivity index (χ0n) is 17.4. The van der Waals surface area contributed by atoms with Gasteiger partial charge < -0.3 is 70.0 Å². The highest BCUT2D eigenvalue weighted by atomic mass is 16.7. The Morgan fingerprint density at radius 2 is 1.68 bits per heavy atom. The molecule has 34 heavy (non-hydrogen) atoms. The van der Waals surface area contributed by atoms with Crippen molar-refractivity contribution in [2.75, 3.05) is 19.8 Å². The maximum atomic E-state index is 11.2. The lowest BCUT2D eigenvalue weighted by Gasteiger charge is -2.40. The first-order valence-electron chi connectivity index (χ1n) is 9.99. The number of hydrogen-bond acceptors (Lipinski definition) is 14. The van der Waals surface area contributed by atoms with Gasteiger partial charge in [-0.05, 0) is 12.1 Å². The third-order valence-electron chi connectivity index (χ3n) is 5.68. The molecule has 2 aliphatic rings. The van der Waals surface area contributed by atoms with Gasteiger partial charge in [0.15, 0.2) is 17.8 Å². The zero-order valence-corrected chi connectivity index (χ0v) is 17.4. The van der Waals surface area contributed by atoms with Crippen LogP contribution in [0.3, 0.4) is 0 Å². The molecule has 0 saturated carbocycles. The summed E-state index contributed by atoms with van der Waals surface area (Å²) in [5, 5.41) is 98.4. The summed E-state index contributed by atoms with van der Waals surface area (Å²) in [6, 6.07) is 1.57. The second-order valence-corrected chi connectivity index (χ2v) is 7.88. The standard InChI is InChI=1S/C19H26O15/c20-3-10-19(30,5-21)15(27)18(34-10)31-4-9-12(24)13(25)14(26)17(33-9)32-8-2-6(16(28)29)1-7(22)11(8)23/h1-2,9-10,12-15,17-18,20-27,30H,3-5H2,(H,28,29)/t9-,10-,12-,13+,14-,15+,17-,18-,19-/m1/s1. The van der Waals surface area contributed by atoms with Crippen molar-refractivity contribution in [3.63, 3.8) is 0 Å². The summed E-state index contributed by atoms with van der Waals surface area (Å²) in [7, 11) is 0. The highest BCUT2D eigenvalue weighted by Gasteiger charge is 2.56. The predicted octanol–water partition coefficient (Wildman–Crippen LogP) is -4.20. The Balaban J connectivity index is 1.73. The van der Waals surface area contributed by atoms with Crippen LogP contribution in [0.5, 0.6) is 17.2 Å². The van der Waals surface area contributed by atoms with Gasteiger partial charge in [-0.15, -0.1) is 0 Å². The molecule has 192 valence electrons. The van der Waals surface area contributed by atoms with Gasteiger partial charge in [0.2, 0.25) is 12.0 Å². The number of carboxylic acid groups (broad SMARTS) is 1. The maximum Gasteiger partial charge on any atom is 0.335 e. The van der Waals surface area contributed by atoms with Crippen molar-refractivity contribution in [3.8, 4) is 17.2 Å². The largest absolute Gasteiger partial charge is 0.504 e. The van der Waals surface area contributed by atoms with Crippen LogP contribution in [-0.4, -0.2) is 132 Å². The van der Waals surface area contributed by atoms with E-state index in [2.05, 4.69) is 0 Å². The lowest BCUT2D eigenvalue weighted by Crippen LogP contribution is -2.60. The van der Waals surface area contributed by atoms with Crippen LogP contribution in [0.1, 0.15) is 10.4 Å². The minimum atomic E-state index is -2.23. The molecule has 10 N–H and O–H groups in total. The van der Waals surface area contributed by atoms with E-state index in [-0.39, 0.29) is 0 Å². The zero-order chi connectivity index (χ0) is 25.4. The van der Waals surface area contributed by atoms with Crippen LogP contribution in [0, 0.1) is 0 Å². The summed E-state index contributed by atoms with van der Waals surface area (Å²) >= 11 is 0. The first-order chi connectivity index (χ1) is 15.9. The first kappa shape index (κ1) is 26.3. The van der Waals surface area contributed by atoms with E-state index in [0.29, 0.717) is 0 Å². The number of aliphatic hydroxyl groups is 7. The van der Waals surface area contributed by atoms with Crippen LogP contribution in [-0.2, 0) is 14.2 Å². The average molecular weight is 494 g/mol. The van der Waals surface area contributed by atoms with E-state index in [1.807, 2.05) is 0 Å². The molecule has 15 heteroatoms. The van der Waals surface area contributed by atoms with Crippen LogP contribution in [0.15, 0.2) is 12.1 Å². The molecule has 15 nitrogen and oxygen atoms in total. The van der Waals surface area contributed by atoms with Crippen molar-refractivity contribution in [1.29, 1.82) is 0 Å². The van der Waals surface area contributed by atoms with Gasteiger partial charge in [0, 0.05) is 0 Å². The van der Waals surface area contributed by atoms with Crippen molar-refractivity contribution in [2.45, 2.75) is 54.8 Å². The van der Waals surface area contributed by atoms with Gasteiger partial charge >= 0.3 is 5.97 Å². The Morgan fingerprint density at radius 3 is 2.24 bits per heavy atom. The van der Waals surface area contributed by atoms with E-state index in [9.17, 15) is 50.8 Å². The van der Waals surface area contributed by atoms with Crippen molar-refractivity contribution in [1.82, 2.24) is 0 Å². The summed E-state index contributed by atoms with van der Waals surface area (Å²) in [5.41, 5.74) is -2.71. The molecule has 0 amide bonds. The molecule has 0 aromatic heterocycles. The summed E-state index contributed by atoms with van der Waals surface area (Å²) in [5.74, 6) is -3.80. The number of carboxylic acids is 1. The highest BCUT2D eigenvalue weighted by Crippen LogP contribution is 2.38. The lowest BCUT2D eigenvalue weighted by atomic mass is 9.94. The van der Waals surface area contributed by atoms with Crippen molar-refractivity contribution in [2.24, 2.45) is 0 Å². The Bertz CT molecular complexity index is 879. The van der Waals surface area contributed by atoms with Crippen LogP contribution in [0.2, 0.25) is 0 Å². The monoisotopic (exact) mass is 494 g/mol. The first-order valence-corrected chi connectivity index (χ1v) is 9.99. The summed E-state index contributed by atoms with van der Waals surface area (Å²) < 4.78 is 21.0. The molecule has 0 aliphatic carbocycles. The number of phenolic OH excluding ortho intramolecular Hbond substituents is 2. The van der Waals surface area contributed by atoms with Crippen LogP contribution in [0.4, 0.5) is 0 Å². The van der Waals surface area contributed by atoms with Crippen molar-refractivity contribution in [3.05, 3.63) is 17.7 Å². The van der Waals surface area contributed by atoms with Crippen LogP contribution >= 0.6 is 0 Å². The van der Waals surface area contributed by atoms with Crippen LogP contribution in [0.25, 0.3) is 0 Å². The van der Waals surface area contributed by atoms with Gasteiger partial charge in [0.25, 0.3) is 0 Å². The number of aromatic hydroxyl groups is 2. The Hall–Kier alpha value is -2.31. The fourth-order valence-corrected chi connectivity index (χ4v) is 3.58. The van der Waals surface area contributed by atoms with Crippen LogP contribution < -0.4 is 4.74 Å². The van der Waals surface area contributed by atoms with Gasteiger partial charge in [0.1, 0.15) is 42.2 Å². The second-order valence-electron chi connectivity index (χ2n) is 7.88. The van der Waals surface area contributed by atoms with Gasteiger partial charge in [-0.2, -0.15) is 0 Å². The molecule has 0 radical (unpaired) electrons. The smallest absolute Gasteiger partial charge is 0.335 e. The molecule has 2 saturated heterocycles. The number of benzene rings is 1. The van der Waals surface area contributed by atoms with Crippen molar-refractivity contribution >= 4 is 5.97 Å². The molecule has 9 atom stereocenters. The highest BCUT2D eigenvalue weighted by molar-refractivity contribution is 5.89. The minimum Gasteiger partial charge on any atom is -0.504 e. The molecule has 0 unspecified atom stereocenters. The molecule has 0 spiro atoms. The lowest BCUT2D eigenvalue weighted by molar-refractivity contribution is -0.290. The minimum absolute atomic E-state index is 0.474. The number of ether oxygens (including phenoxy) is 4. The Labute approximate surface area is 191 Å². The maximum absolute atomic E-state index is 11.2. The number of aliphatic hydroxyl groups excluding tert-OH is 6. The molecule has 2 heterocycles. The van der Waals surface area contributed by atoms with E-state index < -0.39 is 103 Å². The number of aromatic carboxylic acids is 1. The molecule has 1 aromatic rings. The molecule has 2 aliphatic heterocycles. The van der Waals surface area contributed by atoms with Gasteiger partial charge in [-0.25, -0.2) is 4.79 Å². The number of phenols is 2. The SMILES string of the molecule is O=C(O)c1cc(O)c(O)c(O[C@@H]2O[C@H](CO[C@@H]3O[C@H](CO)[C@](O)(CO)[C@H]3O)[C@@H](O)[C@H](O)[C@H]2O)c1. The molecule has 2 fully saturated rings. The second kappa shape index (κ2) is 10.1. The fourth-order valence-electron chi connectivity index (χ4n) is 3.58. The molecule has 3 rings (SSSR count). The van der Waals surface area contributed by atoms with E-state index in [4.69, 9.17) is 24.1 Å². The molecule has 1 aromatic carbocycles. The molecule has 0 bridgehead atoms. The van der Waals surface area contributed by atoms with Gasteiger partial charge in [-0.1, -0.05) is 0 Å². The van der Waals surface area contributed by atoms with E-state index in [0.717, 1.165) is 12.1 Å². The average Bonchev–Trinajstić information content (AvgIpc) is 3.05. The third-order valence-corrected chi connectivity index (χ3v) is 5.68.